The Balaban J connectivity index is 2.95. The van der Waals surface area contributed by atoms with Crippen LogP contribution in [0, 0.1) is 6.08 Å². The van der Waals surface area contributed by atoms with E-state index in [1.54, 1.807) is 6.07 Å². The van der Waals surface area contributed by atoms with Gasteiger partial charge in [-0.15, -0.1) is 13.2 Å². The average Bonchev–Trinajstić information content (AvgIpc) is 2.18. The molecule has 0 aromatic heterocycles. The molecule has 0 amide bonds. The van der Waals surface area contributed by atoms with E-state index >= 15 is 0 Å². The molecule has 1 aromatic carbocycles. The first kappa shape index (κ1) is 12.6. The SMILES string of the molecule is C=[C]c1cc(OC(F)(F)F)ccc1CCC. The maximum Gasteiger partial charge on any atom is 0.573 e. The molecule has 0 atom stereocenters. The van der Waals surface area contributed by atoms with Gasteiger partial charge in [-0.25, -0.2) is 0 Å². The second-order valence-corrected chi connectivity index (χ2v) is 3.29. The summed E-state index contributed by atoms with van der Waals surface area (Å²) in [5.74, 6) is -0.237. The number of aryl methyl sites for hydroxylation is 1. The van der Waals surface area contributed by atoms with Crippen molar-refractivity contribution >= 4 is 0 Å². The molecule has 0 aliphatic carbocycles. The van der Waals surface area contributed by atoms with Gasteiger partial charge in [0, 0.05) is 0 Å². The van der Waals surface area contributed by atoms with Crippen LogP contribution in [-0.2, 0) is 6.42 Å². The molecule has 0 unspecified atom stereocenters. The summed E-state index contributed by atoms with van der Waals surface area (Å²) in [5.41, 5.74) is 1.48. The van der Waals surface area contributed by atoms with Gasteiger partial charge in [-0.3, -0.25) is 0 Å². The van der Waals surface area contributed by atoms with Crippen molar-refractivity contribution in [1.82, 2.24) is 0 Å². The highest BCUT2D eigenvalue weighted by Gasteiger charge is 2.31. The molecule has 0 saturated carbocycles. The Morgan fingerprint density at radius 1 is 1.38 bits per heavy atom. The molecular weight excluding hydrogens is 217 g/mol. The molecule has 16 heavy (non-hydrogen) atoms. The van der Waals surface area contributed by atoms with E-state index in [1.807, 2.05) is 6.92 Å². The molecule has 1 rings (SSSR count). The first-order valence-corrected chi connectivity index (χ1v) is 4.88. The molecule has 87 valence electrons. The van der Waals surface area contributed by atoms with E-state index in [9.17, 15) is 13.2 Å². The molecule has 0 bridgehead atoms. The van der Waals surface area contributed by atoms with Crippen molar-refractivity contribution in [3.05, 3.63) is 42.0 Å². The van der Waals surface area contributed by atoms with Crippen LogP contribution in [-0.4, -0.2) is 6.36 Å². The van der Waals surface area contributed by atoms with Crippen molar-refractivity contribution in [3.8, 4) is 5.75 Å². The lowest BCUT2D eigenvalue weighted by molar-refractivity contribution is -0.274. The third-order valence-corrected chi connectivity index (χ3v) is 2.02. The van der Waals surface area contributed by atoms with Gasteiger partial charge in [0.1, 0.15) is 5.75 Å². The van der Waals surface area contributed by atoms with Gasteiger partial charge >= 0.3 is 6.36 Å². The molecule has 0 fully saturated rings. The fourth-order valence-corrected chi connectivity index (χ4v) is 1.40. The Bertz CT molecular complexity index is 369. The molecule has 1 aromatic rings. The number of ether oxygens (including phenoxy) is 1. The average molecular weight is 229 g/mol. The topological polar surface area (TPSA) is 9.23 Å². The molecule has 0 heterocycles. The molecule has 0 saturated heterocycles. The third-order valence-electron chi connectivity index (χ3n) is 2.02. The van der Waals surface area contributed by atoms with Crippen LogP contribution in [0.3, 0.4) is 0 Å². The van der Waals surface area contributed by atoms with Gasteiger partial charge in [0.05, 0.1) is 0 Å². The normalized spacial score (nSPS) is 11.2. The van der Waals surface area contributed by atoms with Gasteiger partial charge in [0.2, 0.25) is 0 Å². The zero-order valence-electron chi connectivity index (χ0n) is 8.90. The van der Waals surface area contributed by atoms with Crippen LogP contribution in [0.4, 0.5) is 13.2 Å². The van der Waals surface area contributed by atoms with Crippen LogP contribution in [0.1, 0.15) is 24.5 Å². The molecule has 0 N–H and O–H groups in total. The number of alkyl halides is 3. The fourth-order valence-electron chi connectivity index (χ4n) is 1.40. The van der Waals surface area contributed by atoms with Crippen molar-refractivity contribution in [1.29, 1.82) is 0 Å². The quantitative estimate of drug-likeness (QED) is 0.761. The van der Waals surface area contributed by atoms with Crippen LogP contribution in [0.25, 0.3) is 0 Å². The Kier molecular flexibility index (Phi) is 3.99. The molecular formula is C12H12F3O. The lowest BCUT2D eigenvalue weighted by Crippen LogP contribution is -2.17. The van der Waals surface area contributed by atoms with Gasteiger partial charge in [0.15, 0.2) is 0 Å². The summed E-state index contributed by atoms with van der Waals surface area (Å²) < 4.78 is 39.7. The smallest absolute Gasteiger partial charge is 0.406 e. The second kappa shape index (κ2) is 5.05. The maximum atomic E-state index is 12.0. The highest BCUT2D eigenvalue weighted by atomic mass is 19.4. The molecule has 4 heteroatoms. The van der Waals surface area contributed by atoms with E-state index in [2.05, 4.69) is 17.4 Å². The summed E-state index contributed by atoms with van der Waals surface area (Å²) in [7, 11) is 0. The molecule has 0 aliphatic rings. The second-order valence-electron chi connectivity index (χ2n) is 3.29. The number of hydrogen-bond donors (Lipinski definition) is 0. The standard InChI is InChI=1S/C12H12F3O/c1-3-5-10-6-7-11(8-9(10)4-2)16-12(13,14)15/h6-8H,2-3,5H2,1H3. The maximum absolute atomic E-state index is 12.0. The summed E-state index contributed by atoms with van der Waals surface area (Å²) in [5, 5.41) is 0. The lowest BCUT2D eigenvalue weighted by Gasteiger charge is -2.11. The van der Waals surface area contributed by atoms with E-state index < -0.39 is 6.36 Å². The third kappa shape index (κ3) is 3.61. The minimum Gasteiger partial charge on any atom is -0.406 e. The summed E-state index contributed by atoms with van der Waals surface area (Å²) in [6, 6.07) is 4.21. The number of benzene rings is 1. The highest BCUT2D eigenvalue weighted by Crippen LogP contribution is 2.25. The van der Waals surface area contributed by atoms with Crippen LogP contribution in [0.15, 0.2) is 24.8 Å². The van der Waals surface area contributed by atoms with E-state index in [-0.39, 0.29) is 5.75 Å². The summed E-state index contributed by atoms with van der Waals surface area (Å²) in [4.78, 5) is 0. The van der Waals surface area contributed by atoms with Crippen LogP contribution >= 0.6 is 0 Å². The minimum absolute atomic E-state index is 0.237. The summed E-state index contributed by atoms with van der Waals surface area (Å²) >= 11 is 0. The summed E-state index contributed by atoms with van der Waals surface area (Å²) in [6.45, 7) is 5.44. The first-order chi connectivity index (χ1) is 7.46. The van der Waals surface area contributed by atoms with Crippen LogP contribution in [0.5, 0.6) is 5.75 Å². The van der Waals surface area contributed by atoms with Crippen LogP contribution in [0.2, 0.25) is 0 Å². The number of halogens is 3. The van der Waals surface area contributed by atoms with Gasteiger partial charge in [-0.05, 0) is 35.8 Å². The van der Waals surface area contributed by atoms with Crippen molar-refractivity contribution in [2.24, 2.45) is 0 Å². The highest BCUT2D eigenvalue weighted by molar-refractivity contribution is 5.39. The van der Waals surface area contributed by atoms with Crippen molar-refractivity contribution in [2.45, 2.75) is 26.1 Å². The Labute approximate surface area is 92.5 Å². The molecule has 0 aliphatic heterocycles. The van der Waals surface area contributed by atoms with Gasteiger partial charge in [-0.1, -0.05) is 26.0 Å². The molecule has 1 nitrogen and oxygen atoms in total. The first-order valence-electron chi connectivity index (χ1n) is 4.88. The van der Waals surface area contributed by atoms with E-state index in [1.165, 1.54) is 12.1 Å². The Morgan fingerprint density at radius 2 is 2.06 bits per heavy atom. The largest absolute Gasteiger partial charge is 0.573 e. The molecule has 0 spiro atoms. The summed E-state index contributed by atoms with van der Waals surface area (Å²) in [6.07, 6.45) is -0.360. The van der Waals surface area contributed by atoms with Gasteiger partial charge in [0.25, 0.3) is 0 Å². The Morgan fingerprint density at radius 3 is 2.56 bits per heavy atom. The predicted octanol–water partition coefficient (Wildman–Crippen LogP) is 3.87. The number of hydrogen-bond acceptors (Lipinski definition) is 1. The minimum atomic E-state index is -4.66. The predicted molar refractivity (Wildman–Crippen MR) is 55.1 cm³/mol. The van der Waals surface area contributed by atoms with Crippen molar-refractivity contribution < 1.29 is 17.9 Å². The van der Waals surface area contributed by atoms with E-state index in [0.29, 0.717) is 5.56 Å². The molecule has 1 radical (unpaired) electrons. The zero-order valence-corrected chi connectivity index (χ0v) is 8.90. The fraction of sp³-hybridized carbons (Fsp3) is 0.333. The van der Waals surface area contributed by atoms with E-state index in [4.69, 9.17) is 0 Å². The Hall–Kier alpha value is -1.45. The van der Waals surface area contributed by atoms with Crippen molar-refractivity contribution in [3.63, 3.8) is 0 Å². The number of rotatable bonds is 4. The van der Waals surface area contributed by atoms with Crippen molar-refractivity contribution in [2.75, 3.05) is 0 Å². The van der Waals surface area contributed by atoms with Gasteiger partial charge in [-0.2, -0.15) is 0 Å². The van der Waals surface area contributed by atoms with Crippen LogP contribution < -0.4 is 4.74 Å². The zero-order chi connectivity index (χ0) is 12.2. The lowest BCUT2D eigenvalue weighted by atomic mass is 10.0. The monoisotopic (exact) mass is 229 g/mol. The van der Waals surface area contributed by atoms with E-state index in [0.717, 1.165) is 18.4 Å². The van der Waals surface area contributed by atoms with Gasteiger partial charge < -0.3 is 4.74 Å².